The third-order valence-corrected chi connectivity index (χ3v) is 5.63. The average molecular weight is 503 g/mol. The number of ether oxygens (including phenoxy) is 2. The SMILES string of the molecule is CCOc1cc(-c2cc(NCCn3c(C#N)cc4c(OC)ccc(F)c43)ncn2)ccc1C(=O)C(=O)O. The van der Waals surface area contributed by atoms with Crippen molar-refractivity contribution in [2.45, 2.75) is 13.5 Å². The Morgan fingerprint density at radius 3 is 2.68 bits per heavy atom. The maximum Gasteiger partial charge on any atom is 0.377 e. The third-order valence-electron chi connectivity index (χ3n) is 5.63. The number of carboxylic acids is 1. The first-order valence-electron chi connectivity index (χ1n) is 11.2. The number of nitriles is 1. The summed E-state index contributed by atoms with van der Waals surface area (Å²) in [7, 11) is 1.49. The topological polar surface area (TPSA) is 139 Å². The number of aromatic nitrogens is 3. The summed E-state index contributed by atoms with van der Waals surface area (Å²) in [6.45, 7) is 2.56. The van der Waals surface area contributed by atoms with E-state index in [4.69, 9.17) is 14.6 Å². The predicted octanol–water partition coefficient (Wildman–Crippen LogP) is 3.90. The summed E-state index contributed by atoms with van der Waals surface area (Å²) >= 11 is 0. The number of fused-ring (bicyclic) bond motifs is 1. The van der Waals surface area contributed by atoms with E-state index in [0.29, 0.717) is 40.4 Å². The average Bonchev–Trinajstić information content (AvgIpc) is 3.28. The van der Waals surface area contributed by atoms with E-state index in [0.717, 1.165) is 0 Å². The van der Waals surface area contributed by atoms with Gasteiger partial charge >= 0.3 is 5.97 Å². The summed E-state index contributed by atoms with van der Waals surface area (Å²) in [6, 6.07) is 12.7. The number of ketones is 1. The van der Waals surface area contributed by atoms with Crippen LogP contribution < -0.4 is 14.8 Å². The van der Waals surface area contributed by atoms with Crippen molar-refractivity contribution in [2.75, 3.05) is 25.6 Å². The van der Waals surface area contributed by atoms with Crippen molar-refractivity contribution in [1.82, 2.24) is 14.5 Å². The highest BCUT2D eigenvalue weighted by Gasteiger charge is 2.20. The van der Waals surface area contributed by atoms with Crippen molar-refractivity contribution in [3.8, 4) is 28.8 Å². The number of benzene rings is 2. The molecule has 2 aromatic heterocycles. The van der Waals surface area contributed by atoms with E-state index in [1.807, 2.05) is 0 Å². The molecule has 0 saturated carbocycles. The Balaban J connectivity index is 1.56. The molecule has 188 valence electrons. The molecule has 10 nitrogen and oxygen atoms in total. The fraction of sp³-hybridized carbons (Fsp3) is 0.192. The molecule has 4 aromatic rings. The Kier molecular flexibility index (Phi) is 7.29. The first-order valence-corrected chi connectivity index (χ1v) is 11.2. The maximum absolute atomic E-state index is 14.6. The zero-order valence-corrected chi connectivity index (χ0v) is 20.0. The maximum atomic E-state index is 14.6. The van der Waals surface area contributed by atoms with Gasteiger partial charge in [-0.2, -0.15) is 5.26 Å². The lowest BCUT2D eigenvalue weighted by Gasteiger charge is -2.12. The molecular formula is C26H22FN5O5. The molecule has 2 heterocycles. The largest absolute Gasteiger partial charge is 0.496 e. The highest BCUT2D eigenvalue weighted by molar-refractivity contribution is 6.40. The second-order valence-electron chi connectivity index (χ2n) is 7.80. The predicted molar refractivity (Wildman–Crippen MR) is 132 cm³/mol. The van der Waals surface area contributed by atoms with Gasteiger partial charge in [-0.25, -0.2) is 19.2 Å². The lowest BCUT2D eigenvalue weighted by Crippen LogP contribution is -2.14. The number of carboxylic acid groups (broad SMARTS) is 1. The van der Waals surface area contributed by atoms with Gasteiger partial charge in [0.15, 0.2) is 0 Å². The van der Waals surface area contributed by atoms with Gasteiger partial charge in [-0.1, -0.05) is 6.07 Å². The van der Waals surface area contributed by atoms with E-state index in [1.54, 1.807) is 35.8 Å². The van der Waals surface area contributed by atoms with E-state index >= 15 is 0 Å². The molecule has 0 radical (unpaired) electrons. The number of hydrogen-bond donors (Lipinski definition) is 2. The first-order chi connectivity index (χ1) is 17.9. The minimum Gasteiger partial charge on any atom is -0.496 e. The van der Waals surface area contributed by atoms with Crippen LogP contribution in [0.1, 0.15) is 23.0 Å². The number of Topliss-reactive ketones (excluding diaryl/α,β-unsaturated/α-hetero) is 1. The summed E-state index contributed by atoms with van der Waals surface area (Å²) in [5, 5.41) is 22.3. The van der Waals surface area contributed by atoms with Gasteiger partial charge in [0, 0.05) is 30.1 Å². The summed E-state index contributed by atoms with van der Waals surface area (Å²) in [4.78, 5) is 31.6. The number of anilines is 1. The van der Waals surface area contributed by atoms with E-state index in [2.05, 4.69) is 21.4 Å². The highest BCUT2D eigenvalue weighted by Crippen LogP contribution is 2.31. The van der Waals surface area contributed by atoms with Crippen LogP contribution in [0.3, 0.4) is 0 Å². The normalized spacial score (nSPS) is 10.6. The Labute approximate surface area is 210 Å². The van der Waals surface area contributed by atoms with Crippen molar-refractivity contribution in [1.29, 1.82) is 5.26 Å². The second kappa shape index (κ2) is 10.7. The van der Waals surface area contributed by atoms with Crippen LogP contribution in [0.5, 0.6) is 11.5 Å². The Hall–Kier alpha value is -4.98. The Morgan fingerprint density at radius 1 is 1.16 bits per heavy atom. The van der Waals surface area contributed by atoms with Gasteiger partial charge in [-0.3, -0.25) is 4.79 Å². The standard InChI is InChI=1S/C26H22FN5O5/c1-3-37-22-10-15(4-5-17(22)25(33)26(34)35)20-12-23(31-14-30-20)29-8-9-32-16(13-28)11-18-21(36-2)7-6-19(27)24(18)32/h4-7,10-12,14H,3,8-9H2,1-2H3,(H,34,35)(H,29,30,31). The van der Waals surface area contributed by atoms with Gasteiger partial charge in [0.2, 0.25) is 0 Å². The summed E-state index contributed by atoms with van der Waals surface area (Å²) < 4.78 is 27.0. The molecule has 4 rings (SSSR count). The first kappa shape index (κ1) is 25.1. The van der Waals surface area contributed by atoms with E-state index < -0.39 is 17.6 Å². The van der Waals surface area contributed by atoms with Crippen LogP contribution in [0, 0.1) is 17.1 Å². The molecule has 11 heteroatoms. The van der Waals surface area contributed by atoms with Crippen molar-refractivity contribution >= 4 is 28.5 Å². The molecule has 0 unspecified atom stereocenters. The smallest absolute Gasteiger partial charge is 0.377 e. The van der Waals surface area contributed by atoms with E-state index in [-0.39, 0.29) is 30.0 Å². The van der Waals surface area contributed by atoms with Crippen molar-refractivity contribution in [2.24, 2.45) is 0 Å². The lowest BCUT2D eigenvalue weighted by molar-refractivity contribution is -0.131. The van der Waals surface area contributed by atoms with E-state index in [9.17, 15) is 19.2 Å². The number of nitrogens with one attached hydrogen (secondary N) is 1. The van der Waals surface area contributed by atoms with Crippen LogP contribution in [0.15, 0.2) is 48.8 Å². The Morgan fingerprint density at radius 2 is 1.97 bits per heavy atom. The Bertz CT molecular complexity index is 1540. The van der Waals surface area contributed by atoms with Crippen LogP contribution in [0.25, 0.3) is 22.2 Å². The fourth-order valence-electron chi connectivity index (χ4n) is 3.98. The lowest BCUT2D eigenvalue weighted by atomic mass is 10.0. The molecule has 0 spiro atoms. The fourth-order valence-corrected chi connectivity index (χ4v) is 3.98. The van der Waals surface area contributed by atoms with Crippen molar-refractivity contribution in [3.63, 3.8) is 0 Å². The van der Waals surface area contributed by atoms with Crippen molar-refractivity contribution in [3.05, 3.63) is 65.9 Å². The number of hydrogen-bond acceptors (Lipinski definition) is 8. The van der Waals surface area contributed by atoms with Gasteiger partial charge in [-0.05, 0) is 37.3 Å². The van der Waals surface area contributed by atoms with Crippen LogP contribution in [-0.2, 0) is 11.3 Å². The van der Waals surface area contributed by atoms with Crippen molar-refractivity contribution < 1.29 is 28.6 Å². The number of carbonyl (C=O) groups is 2. The highest BCUT2D eigenvalue weighted by atomic mass is 19.1. The minimum absolute atomic E-state index is 0.0541. The number of aliphatic carboxylic acids is 1. The molecule has 0 aliphatic rings. The monoisotopic (exact) mass is 503 g/mol. The van der Waals surface area contributed by atoms with Crippen LogP contribution in [0.4, 0.5) is 10.2 Å². The van der Waals surface area contributed by atoms with Gasteiger partial charge in [0.1, 0.15) is 41.2 Å². The molecule has 0 amide bonds. The van der Waals surface area contributed by atoms with Crippen LogP contribution >= 0.6 is 0 Å². The summed E-state index contributed by atoms with van der Waals surface area (Å²) in [5.74, 6) is -2.01. The van der Waals surface area contributed by atoms with Gasteiger partial charge < -0.3 is 24.5 Å². The zero-order chi connectivity index (χ0) is 26.5. The molecule has 0 aliphatic heterocycles. The number of carbonyl (C=O) groups excluding carboxylic acids is 1. The molecule has 0 bridgehead atoms. The van der Waals surface area contributed by atoms with Gasteiger partial charge in [0.05, 0.1) is 30.5 Å². The number of rotatable bonds is 10. The van der Waals surface area contributed by atoms with Crippen LogP contribution in [-0.4, -0.2) is 51.7 Å². The second-order valence-corrected chi connectivity index (χ2v) is 7.80. The summed E-state index contributed by atoms with van der Waals surface area (Å²) in [6.07, 6.45) is 1.35. The number of methoxy groups -OCH3 is 1. The van der Waals surface area contributed by atoms with Gasteiger partial charge in [-0.15, -0.1) is 0 Å². The van der Waals surface area contributed by atoms with E-state index in [1.165, 1.54) is 31.6 Å². The van der Waals surface area contributed by atoms with Crippen LogP contribution in [0.2, 0.25) is 0 Å². The quantitative estimate of drug-likeness (QED) is 0.244. The molecule has 37 heavy (non-hydrogen) atoms. The molecule has 2 N–H and O–H groups in total. The zero-order valence-electron chi connectivity index (χ0n) is 20.0. The molecule has 0 aliphatic carbocycles. The molecule has 2 aromatic carbocycles. The molecule has 0 saturated heterocycles. The third kappa shape index (κ3) is 5.04. The minimum atomic E-state index is -1.57. The number of halogens is 1. The summed E-state index contributed by atoms with van der Waals surface area (Å²) in [5.41, 5.74) is 1.62. The molecular weight excluding hydrogens is 481 g/mol. The van der Waals surface area contributed by atoms with Gasteiger partial charge in [0.25, 0.3) is 5.78 Å². The molecule has 0 atom stereocenters. The molecule has 0 fully saturated rings. The number of nitrogens with zero attached hydrogens (tertiary/aromatic N) is 4.